The number of oxime groups is 1. The maximum atomic E-state index is 12.2. The quantitative estimate of drug-likeness (QED) is 0.624. The molecule has 0 unspecified atom stereocenters. The number of nitrogens with zero attached hydrogens (tertiary/aromatic N) is 2. The van der Waals surface area contributed by atoms with Crippen LogP contribution in [0.1, 0.15) is 11.3 Å². The predicted molar refractivity (Wildman–Crippen MR) is 76.5 cm³/mol. The van der Waals surface area contributed by atoms with E-state index in [1.165, 1.54) is 18.3 Å². The van der Waals surface area contributed by atoms with E-state index in [2.05, 4.69) is 20.4 Å². The summed E-state index contributed by atoms with van der Waals surface area (Å²) in [5.74, 6) is 0.274. The van der Waals surface area contributed by atoms with E-state index in [0.717, 1.165) is 0 Å². The second kappa shape index (κ2) is 7.87. The second-order valence-corrected chi connectivity index (χ2v) is 4.30. The van der Waals surface area contributed by atoms with Gasteiger partial charge in [0.2, 0.25) is 0 Å². The summed E-state index contributed by atoms with van der Waals surface area (Å²) < 4.78 is 33.6. The molecule has 1 N–H and O–H groups in total. The van der Waals surface area contributed by atoms with Gasteiger partial charge in [-0.3, -0.25) is 4.79 Å². The molecule has 0 fully saturated rings. The Kier molecular flexibility index (Phi) is 5.61. The van der Waals surface area contributed by atoms with Gasteiger partial charge in [0.05, 0.1) is 6.21 Å². The average Bonchev–Trinajstić information content (AvgIpc) is 2.89. The molecule has 0 saturated carbocycles. The number of ether oxygens (including phenoxy) is 1. The first kappa shape index (κ1) is 16.4. The van der Waals surface area contributed by atoms with Crippen molar-refractivity contribution >= 4 is 17.9 Å². The zero-order valence-electron chi connectivity index (χ0n) is 12.0. The van der Waals surface area contributed by atoms with Gasteiger partial charge in [0.25, 0.3) is 5.91 Å². The van der Waals surface area contributed by atoms with Crippen LogP contribution in [0.2, 0.25) is 0 Å². The molecule has 0 aliphatic heterocycles. The number of para-hydroxylation sites is 1. The minimum atomic E-state index is -2.94. The Balaban J connectivity index is 1.83. The Morgan fingerprint density at radius 2 is 2.26 bits per heavy atom. The number of alkyl halides is 2. The molecule has 0 spiro atoms. The highest BCUT2D eigenvalue weighted by Crippen LogP contribution is 2.18. The maximum Gasteiger partial charge on any atom is 0.387 e. The average molecular weight is 325 g/mol. The van der Waals surface area contributed by atoms with Crippen molar-refractivity contribution in [2.45, 2.75) is 13.5 Å². The van der Waals surface area contributed by atoms with Crippen LogP contribution in [0.4, 0.5) is 14.6 Å². The summed E-state index contributed by atoms with van der Waals surface area (Å²) in [6, 6.07) is 7.59. The zero-order chi connectivity index (χ0) is 16.7. The number of carbonyl (C=O) groups excluding carboxylic acids is 1. The molecule has 0 aliphatic carbocycles. The van der Waals surface area contributed by atoms with E-state index in [4.69, 9.17) is 9.36 Å². The summed E-state index contributed by atoms with van der Waals surface area (Å²) in [5.41, 5.74) is 0.292. The van der Waals surface area contributed by atoms with Gasteiger partial charge >= 0.3 is 6.61 Å². The molecule has 0 bridgehead atoms. The van der Waals surface area contributed by atoms with Gasteiger partial charge in [-0.2, -0.15) is 8.78 Å². The first-order valence-electron chi connectivity index (χ1n) is 6.47. The highest BCUT2D eigenvalue weighted by atomic mass is 19.3. The molecule has 0 aliphatic rings. The van der Waals surface area contributed by atoms with E-state index in [1.807, 2.05) is 0 Å². The van der Waals surface area contributed by atoms with Gasteiger partial charge in [0.1, 0.15) is 11.5 Å². The molecule has 9 heteroatoms. The number of benzene rings is 1. The third-order valence-electron chi connectivity index (χ3n) is 2.49. The van der Waals surface area contributed by atoms with E-state index >= 15 is 0 Å². The first-order chi connectivity index (χ1) is 11.0. The van der Waals surface area contributed by atoms with Crippen LogP contribution in [0.25, 0.3) is 0 Å². The Morgan fingerprint density at radius 3 is 2.96 bits per heavy atom. The molecular formula is C14H13F2N3O4. The number of hydrogen-bond donors (Lipinski definition) is 1. The molecule has 23 heavy (non-hydrogen) atoms. The lowest BCUT2D eigenvalue weighted by molar-refractivity contribution is -0.120. The molecule has 1 heterocycles. The van der Waals surface area contributed by atoms with Crippen molar-refractivity contribution in [1.29, 1.82) is 0 Å². The lowest BCUT2D eigenvalue weighted by atomic mass is 10.2. The number of aryl methyl sites for hydroxylation is 1. The smallest absolute Gasteiger partial charge is 0.387 e. The minimum absolute atomic E-state index is 0.0441. The summed E-state index contributed by atoms with van der Waals surface area (Å²) in [5, 5.41) is 9.56. The molecule has 122 valence electrons. The van der Waals surface area contributed by atoms with E-state index in [-0.39, 0.29) is 18.2 Å². The Morgan fingerprint density at radius 1 is 1.48 bits per heavy atom. The number of hydrogen-bond acceptors (Lipinski definition) is 6. The van der Waals surface area contributed by atoms with Crippen molar-refractivity contribution < 1.29 is 27.7 Å². The monoisotopic (exact) mass is 325 g/mol. The van der Waals surface area contributed by atoms with E-state index in [9.17, 15) is 13.6 Å². The minimum Gasteiger partial charge on any atom is -0.434 e. The zero-order valence-corrected chi connectivity index (χ0v) is 12.0. The highest BCUT2D eigenvalue weighted by Gasteiger charge is 2.08. The van der Waals surface area contributed by atoms with Crippen molar-refractivity contribution in [3.8, 4) is 5.75 Å². The number of aromatic nitrogens is 1. The molecule has 7 nitrogen and oxygen atoms in total. The van der Waals surface area contributed by atoms with Gasteiger partial charge in [0, 0.05) is 11.6 Å². The Labute approximate surface area is 129 Å². The number of nitrogens with one attached hydrogen (secondary N) is 1. The normalized spacial score (nSPS) is 11.0. The fourth-order valence-corrected chi connectivity index (χ4v) is 1.58. The first-order valence-corrected chi connectivity index (χ1v) is 6.47. The summed E-state index contributed by atoms with van der Waals surface area (Å²) in [6.45, 7) is -1.63. The van der Waals surface area contributed by atoms with Crippen LogP contribution in [0, 0.1) is 6.92 Å². The molecular weight excluding hydrogens is 312 g/mol. The van der Waals surface area contributed by atoms with E-state index < -0.39 is 12.5 Å². The van der Waals surface area contributed by atoms with Crippen LogP contribution in [-0.2, 0) is 9.63 Å². The van der Waals surface area contributed by atoms with Crippen molar-refractivity contribution in [2.24, 2.45) is 5.16 Å². The number of anilines is 1. The molecule has 0 atom stereocenters. The predicted octanol–water partition coefficient (Wildman–Crippen LogP) is 2.57. The van der Waals surface area contributed by atoms with Gasteiger partial charge in [-0.15, -0.1) is 0 Å². The van der Waals surface area contributed by atoms with Crippen LogP contribution < -0.4 is 10.1 Å². The van der Waals surface area contributed by atoms with Crippen LogP contribution in [-0.4, -0.2) is 30.5 Å². The summed E-state index contributed by atoms with van der Waals surface area (Å²) >= 11 is 0. The number of halogens is 2. The maximum absolute atomic E-state index is 12.2. The molecule has 1 aromatic carbocycles. The van der Waals surface area contributed by atoms with Crippen molar-refractivity contribution in [1.82, 2.24) is 5.16 Å². The Bertz CT molecular complexity index is 688. The molecule has 0 saturated heterocycles. The van der Waals surface area contributed by atoms with E-state index in [1.54, 1.807) is 25.1 Å². The van der Waals surface area contributed by atoms with Crippen LogP contribution in [0.15, 0.2) is 40.0 Å². The third-order valence-corrected chi connectivity index (χ3v) is 2.49. The van der Waals surface area contributed by atoms with Crippen molar-refractivity contribution in [2.75, 3.05) is 11.9 Å². The number of carbonyl (C=O) groups is 1. The lowest BCUT2D eigenvalue weighted by Gasteiger charge is -2.06. The van der Waals surface area contributed by atoms with Crippen LogP contribution >= 0.6 is 0 Å². The topological polar surface area (TPSA) is 86.0 Å². The molecule has 0 radical (unpaired) electrons. The van der Waals surface area contributed by atoms with Gasteiger partial charge in [-0.1, -0.05) is 22.4 Å². The SMILES string of the molecule is Cc1cc(NC(=O)CO/N=C\c2ccccc2OC(F)F)no1. The van der Waals surface area contributed by atoms with Gasteiger partial charge < -0.3 is 19.4 Å². The fraction of sp³-hybridized carbons (Fsp3) is 0.214. The molecule has 2 rings (SSSR count). The van der Waals surface area contributed by atoms with Gasteiger partial charge in [-0.25, -0.2) is 0 Å². The summed E-state index contributed by atoms with van der Waals surface area (Å²) in [6.07, 6.45) is 1.17. The largest absolute Gasteiger partial charge is 0.434 e. The van der Waals surface area contributed by atoms with Gasteiger partial charge in [0.15, 0.2) is 12.4 Å². The molecule has 1 aromatic heterocycles. The molecule has 2 aromatic rings. The highest BCUT2D eigenvalue weighted by molar-refractivity contribution is 5.90. The van der Waals surface area contributed by atoms with Crippen molar-refractivity contribution in [3.63, 3.8) is 0 Å². The van der Waals surface area contributed by atoms with Gasteiger partial charge in [-0.05, 0) is 19.1 Å². The Hall–Kier alpha value is -2.97. The molecule has 1 amide bonds. The lowest BCUT2D eigenvalue weighted by Crippen LogP contribution is -2.17. The standard InChI is InChI=1S/C14H13F2N3O4/c1-9-6-12(19-23-9)18-13(20)8-21-17-7-10-4-2-3-5-11(10)22-14(15)16/h2-7,14H,8H2,1H3,(H,18,19,20)/b17-7-. The summed E-state index contributed by atoms with van der Waals surface area (Å²) in [4.78, 5) is 16.3. The number of amides is 1. The van der Waals surface area contributed by atoms with E-state index in [0.29, 0.717) is 11.3 Å². The third kappa shape index (κ3) is 5.38. The summed E-state index contributed by atoms with van der Waals surface area (Å²) in [7, 11) is 0. The van der Waals surface area contributed by atoms with Crippen LogP contribution in [0.5, 0.6) is 5.75 Å². The second-order valence-electron chi connectivity index (χ2n) is 4.30. The number of rotatable bonds is 7. The van der Waals surface area contributed by atoms with Crippen molar-refractivity contribution in [3.05, 3.63) is 41.7 Å². The van der Waals surface area contributed by atoms with Crippen LogP contribution in [0.3, 0.4) is 0 Å². The fourth-order valence-electron chi connectivity index (χ4n) is 1.58.